The number of ether oxygens (including phenoxy) is 1. The summed E-state index contributed by atoms with van der Waals surface area (Å²) in [5.74, 6) is 0. The van der Waals surface area contributed by atoms with Crippen molar-refractivity contribution < 1.29 is 4.74 Å². The molecule has 0 bridgehead atoms. The van der Waals surface area contributed by atoms with Gasteiger partial charge in [0, 0.05) is 18.7 Å². The third-order valence-corrected chi connectivity index (χ3v) is 3.02. The average molecular weight is 211 g/mol. The van der Waals surface area contributed by atoms with Gasteiger partial charge in [0.05, 0.1) is 5.60 Å². The van der Waals surface area contributed by atoms with E-state index in [0.29, 0.717) is 12.1 Å². The van der Waals surface area contributed by atoms with E-state index in [2.05, 4.69) is 32.7 Å². The van der Waals surface area contributed by atoms with Crippen LogP contribution in [0.4, 0.5) is 0 Å². The molecule has 0 aromatic rings. The van der Waals surface area contributed by atoms with Gasteiger partial charge in [0.25, 0.3) is 0 Å². The Bertz CT molecular complexity index is 201. The fraction of sp³-hybridized carbons (Fsp3) is 0.846. The van der Waals surface area contributed by atoms with Crippen LogP contribution in [0.2, 0.25) is 0 Å². The third-order valence-electron chi connectivity index (χ3n) is 3.02. The Balaban J connectivity index is 2.28. The fourth-order valence-electron chi connectivity index (χ4n) is 2.23. The van der Waals surface area contributed by atoms with E-state index in [0.717, 1.165) is 25.9 Å². The molecule has 1 rings (SSSR count). The average Bonchev–Trinajstić information content (AvgIpc) is 2.13. The van der Waals surface area contributed by atoms with Gasteiger partial charge in [-0.1, -0.05) is 6.08 Å². The molecular formula is C13H25NO. The molecule has 2 nitrogen and oxygen atoms in total. The van der Waals surface area contributed by atoms with E-state index in [9.17, 15) is 0 Å². The van der Waals surface area contributed by atoms with Gasteiger partial charge in [0.1, 0.15) is 0 Å². The summed E-state index contributed by atoms with van der Waals surface area (Å²) in [6.07, 6.45) is 6.53. The van der Waals surface area contributed by atoms with Crippen molar-refractivity contribution in [2.45, 2.75) is 64.1 Å². The predicted octanol–water partition coefficient (Wildman–Crippen LogP) is 2.89. The second-order valence-electron chi connectivity index (χ2n) is 5.23. The van der Waals surface area contributed by atoms with Gasteiger partial charge in [-0.3, -0.25) is 0 Å². The van der Waals surface area contributed by atoms with Crippen molar-refractivity contribution in [2.75, 3.05) is 6.61 Å². The molecule has 0 spiro atoms. The molecule has 88 valence electrons. The van der Waals surface area contributed by atoms with E-state index in [4.69, 9.17) is 4.74 Å². The summed E-state index contributed by atoms with van der Waals surface area (Å²) in [6, 6.07) is 1.20. The number of rotatable bonds is 5. The number of allylic oxidation sites excluding steroid dienone is 1. The van der Waals surface area contributed by atoms with Gasteiger partial charge in [-0.05, 0) is 46.5 Å². The van der Waals surface area contributed by atoms with E-state index in [1.165, 1.54) is 6.42 Å². The molecule has 1 aliphatic rings. The lowest BCUT2D eigenvalue weighted by Gasteiger charge is -2.37. The van der Waals surface area contributed by atoms with Crippen LogP contribution in [0.1, 0.15) is 46.5 Å². The predicted molar refractivity (Wildman–Crippen MR) is 65.1 cm³/mol. The van der Waals surface area contributed by atoms with Crippen LogP contribution >= 0.6 is 0 Å². The highest BCUT2D eigenvalue weighted by atomic mass is 16.5. The SMILES string of the molecule is C=CCCC(C)NC1CCOC(C)(C)C1. The second kappa shape index (κ2) is 5.66. The third kappa shape index (κ3) is 4.80. The minimum atomic E-state index is 0.0497. The number of hydrogen-bond acceptors (Lipinski definition) is 2. The molecule has 1 aliphatic heterocycles. The minimum absolute atomic E-state index is 0.0497. The largest absolute Gasteiger partial charge is 0.375 e. The lowest BCUT2D eigenvalue weighted by Crippen LogP contribution is -2.46. The Labute approximate surface area is 94.1 Å². The minimum Gasteiger partial charge on any atom is -0.375 e. The van der Waals surface area contributed by atoms with Gasteiger partial charge in [0.15, 0.2) is 0 Å². The molecule has 15 heavy (non-hydrogen) atoms. The van der Waals surface area contributed by atoms with E-state index in [1.54, 1.807) is 0 Å². The molecular weight excluding hydrogens is 186 g/mol. The van der Waals surface area contributed by atoms with Crippen LogP contribution in [-0.4, -0.2) is 24.3 Å². The van der Waals surface area contributed by atoms with Crippen LogP contribution in [0.3, 0.4) is 0 Å². The van der Waals surface area contributed by atoms with Crippen molar-refractivity contribution in [2.24, 2.45) is 0 Å². The van der Waals surface area contributed by atoms with E-state index in [1.807, 2.05) is 6.08 Å². The summed E-state index contributed by atoms with van der Waals surface area (Å²) in [5, 5.41) is 3.68. The summed E-state index contributed by atoms with van der Waals surface area (Å²) in [6.45, 7) is 11.3. The molecule has 0 amide bonds. The van der Waals surface area contributed by atoms with Crippen LogP contribution in [0.25, 0.3) is 0 Å². The highest BCUT2D eigenvalue weighted by molar-refractivity contribution is 4.84. The molecule has 1 N–H and O–H groups in total. The topological polar surface area (TPSA) is 21.3 Å². The molecule has 0 aromatic carbocycles. The highest BCUT2D eigenvalue weighted by Crippen LogP contribution is 2.24. The van der Waals surface area contributed by atoms with Crippen molar-refractivity contribution in [3.8, 4) is 0 Å². The van der Waals surface area contributed by atoms with Gasteiger partial charge in [-0.2, -0.15) is 0 Å². The lowest BCUT2D eigenvalue weighted by molar-refractivity contribution is -0.0640. The monoisotopic (exact) mass is 211 g/mol. The van der Waals surface area contributed by atoms with Crippen molar-refractivity contribution in [1.82, 2.24) is 5.32 Å². The normalized spacial score (nSPS) is 27.3. The van der Waals surface area contributed by atoms with Crippen molar-refractivity contribution in [3.05, 3.63) is 12.7 Å². The summed E-state index contributed by atoms with van der Waals surface area (Å²) >= 11 is 0. The van der Waals surface area contributed by atoms with E-state index < -0.39 is 0 Å². The Hall–Kier alpha value is -0.340. The second-order valence-corrected chi connectivity index (χ2v) is 5.23. The first kappa shape index (κ1) is 12.7. The first-order valence-corrected chi connectivity index (χ1v) is 6.04. The standard InChI is InChI=1S/C13H25NO/c1-5-6-7-11(2)14-12-8-9-15-13(3,4)10-12/h5,11-12,14H,1,6-10H2,2-4H3. The molecule has 0 aromatic heterocycles. The molecule has 2 unspecified atom stereocenters. The highest BCUT2D eigenvalue weighted by Gasteiger charge is 2.28. The lowest BCUT2D eigenvalue weighted by atomic mass is 9.93. The van der Waals surface area contributed by atoms with Gasteiger partial charge < -0.3 is 10.1 Å². The van der Waals surface area contributed by atoms with Gasteiger partial charge in [-0.15, -0.1) is 6.58 Å². The molecule has 2 atom stereocenters. The molecule has 1 heterocycles. The Morgan fingerprint density at radius 1 is 1.60 bits per heavy atom. The molecule has 0 aliphatic carbocycles. The maximum absolute atomic E-state index is 5.70. The number of nitrogens with one attached hydrogen (secondary N) is 1. The summed E-state index contributed by atoms with van der Waals surface area (Å²) in [5.41, 5.74) is 0.0497. The van der Waals surface area contributed by atoms with Crippen molar-refractivity contribution in [1.29, 1.82) is 0 Å². The maximum Gasteiger partial charge on any atom is 0.0641 e. The summed E-state index contributed by atoms with van der Waals surface area (Å²) in [4.78, 5) is 0. The van der Waals surface area contributed by atoms with Crippen LogP contribution in [-0.2, 0) is 4.74 Å². The Morgan fingerprint density at radius 2 is 2.33 bits per heavy atom. The van der Waals surface area contributed by atoms with E-state index >= 15 is 0 Å². The smallest absolute Gasteiger partial charge is 0.0641 e. The van der Waals surface area contributed by atoms with E-state index in [-0.39, 0.29) is 5.60 Å². The first-order chi connectivity index (χ1) is 7.03. The van der Waals surface area contributed by atoms with Crippen LogP contribution < -0.4 is 5.32 Å². The summed E-state index contributed by atoms with van der Waals surface area (Å²) < 4.78 is 5.70. The van der Waals surface area contributed by atoms with Gasteiger partial charge in [-0.25, -0.2) is 0 Å². The van der Waals surface area contributed by atoms with Crippen LogP contribution in [0.5, 0.6) is 0 Å². The molecule has 1 fully saturated rings. The first-order valence-electron chi connectivity index (χ1n) is 6.04. The van der Waals surface area contributed by atoms with Crippen LogP contribution in [0, 0.1) is 0 Å². The summed E-state index contributed by atoms with van der Waals surface area (Å²) in [7, 11) is 0. The molecule has 0 saturated carbocycles. The Morgan fingerprint density at radius 3 is 2.93 bits per heavy atom. The maximum atomic E-state index is 5.70. The van der Waals surface area contributed by atoms with Gasteiger partial charge >= 0.3 is 0 Å². The molecule has 0 radical (unpaired) electrons. The number of hydrogen-bond donors (Lipinski definition) is 1. The zero-order valence-corrected chi connectivity index (χ0v) is 10.4. The van der Waals surface area contributed by atoms with Gasteiger partial charge in [0.2, 0.25) is 0 Å². The quantitative estimate of drug-likeness (QED) is 0.706. The molecule has 1 saturated heterocycles. The van der Waals surface area contributed by atoms with Crippen molar-refractivity contribution >= 4 is 0 Å². The van der Waals surface area contributed by atoms with Crippen molar-refractivity contribution in [3.63, 3.8) is 0 Å². The zero-order valence-electron chi connectivity index (χ0n) is 10.4. The zero-order chi connectivity index (χ0) is 11.3. The Kier molecular flexibility index (Phi) is 4.81. The fourth-order valence-corrected chi connectivity index (χ4v) is 2.23. The molecule has 2 heteroatoms. The van der Waals surface area contributed by atoms with Crippen LogP contribution in [0.15, 0.2) is 12.7 Å².